The van der Waals surface area contributed by atoms with Crippen LogP contribution in [-0.2, 0) is 5.88 Å². The summed E-state index contributed by atoms with van der Waals surface area (Å²) in [5.41, 5.74) is 2.24. The summed E-state index contributed by atoms with van der Waals surface area (Å²) < 4.78 is 2.01. The zero-order valence-corrected chi connectivity index (χ0v) is 8.75. The molecule has 1 heterocycles. The van der Waals surface area contributed by atoms with Crippen molar-refractivity contribution in [3.05, 3.63) is 11.4 Å². The van der Waals surface area contributed by atoms with Gasteiger partial charge in [-0.25, -0.2) is 4.68 Å². The first kappa shape index (κ1) is 9.00. The molecule has 72 valence electrons. The summed E-state index contributed by atoms with van der Waals surface area (Å²) in [6.07, 6.45) is 2.54. The Balaban J connectivity index is 2.38. The fourth-order valence-electron chi connectivity index (χ4n) is 1.59. The standard InChI is InChI=1S/C9H14ClN3/c1-6(2)13-9(7-3-4-7)8(5-10)11-12-13/h6-7H,3-5H2,1-2H3. The fraction of sp³-hybridized carbons (Fsp3) is 0.778. The first-order valence-corrected chi connectivity index (χ1v) is 5.27. The zero-order chi connectivity index (χ0) is 9.42. The van der Waals surface area contributed by atoms with E-state index in [1.54, 1.807) is 0 Å². The molecule has 0 N–H and O–H groups in total. The van der Waals surface area contributed by atoms with Crippen LogP contribution in [-0.4, -0.2) is 15.0 Å². The number of aromatic nitrogens is 3. The van der Waals surface area contributed by atoms with Gasteiger partial charge in [0.05, 0.1) is 11.6 Å². The predicted octanol–water partition coefficient (Wildman–Crippen LogP) is 2.48. The zero-order valence-electron chi connectivity index (χ0n) is 8.00. The van der Waals surface area contributed by atoms with Crippen LogP contribution in [0.1, 0.15) is 50.0 Å². The third-order valence-corrected chi connectivity index (χ3v) is 2.64. The van der Waals surface area contributed by atoms with E-state index < -0.39 is 0 Å². The lowest BCUT2D eigenvalue weighted by molar-refractivity contribution is 0.494. The largest absolute Gasteiger partial charge is 0.246 e. The van der Waals surface area contributed by atoms with Gasteiger partial charge in [-0.1, -0.05) is 5.21 Å². The van der Waals surface area contributed by atoms with Crippen molar-refractivity contribution >= 4 is 11.6 Å². The van der Waals surface area contributed by atoms with Crippen molar-refractivity contribution in [3.63, 3.8) is 0 Å². The molecule has 0 bridgehead atoms. The van der Waals surface area contributed by atoms with Gasteiger partial charge in [0, 0.05) is 12.0 Å². The van der Waals surface area contributed by atoms with Gasteiger partial charge in [0.1, 0.15) is 5.69 Å². The van der Waals surface area contributed by atoms with Crippen LogP contribution in [0.25, 0.3) is 0 Å². The van der Waals surface area contributed by atoms with E-state index in [2.05, 4.69) is 24.2 Å². The second-order valence-electron chi connectivity index (χ2n) is 3.87. The van der Waals surface area contributed by atoms with Crippen LogP contribution in [0, 0.1) is 0 Å². The smallest absolute Gasteiger partial charge is 0.101 e. The Hall–Kier alpha value is -0.570. The highest BCUT2D eigenvalue weighted by molar-refractivity contribution is 6.16. The third kappa shape index (κ3) is 1.57. The number of halogens is 1. The Bertz CT molecular complexity index is 302. The molecular weight excluding hydrogens is 186 g/mol. The molecule has 1 fully saturated rings. The van der Waals surface area contributed by atoms with Crippen LogP contribution in [0.2, 0.25) is 0 Å². The normalized spacial score (nSPS) is 16.9. The van der Waals surface area contributed by atoms with E-state index >= 15 is 0 Å². The maximum absolute atomic E-state index is 5.81. The van der Waals surface area contributed by atoms with Crippen molar-refractivity contribution in [1.29, 1.82) is 0 Å². The maximum Gasteiger partial charge on any atom is 0.101 e. The van der Waals surface area contributed by atoms with Gasteiger partial charge in [-0.2, -0.15) is 0 Å². The Kier molecular flexibility index (Phi) is 2.28. The lowest BCUT2D eigenvalue weighted by Gasteiger charge is -2.09. The van der Waals surface area contributed by atoms with Crippen LogP contribution in [0.15, 0.2) is 0 Å². The molecule has 2 rings (SSSR count). The summed E-state index contributed by atoms with van der Waals surface area (Å²) in [6.45, 7) is 4.25. The highest BCUT2D eigenvalue weighted by atomic mass is 35.5. The minimum absolute atomic E-state index is 0.389. The van der Waals surface area contributed by atoms with Gasteiger partial charge in [0.2, 0.25) is 0 Å². The number of rotatable bonds is 3. The van der Waals surface area contributed by atoms with E-state index in [0.29, 0.717) is 17.8 Å². The summed E-state index contributed by atoms with van der Waals surface area (Å²) in [5, 5.41) is 8.23. The maximum atomic E-state index is 5.81. The summed E-state index contributed by atoms with van der Waals surface area (Å²) in [6, 6.07) is 0.389. The fourth-order valence-corrected chi connectivity index (χ4v) is 1.78. The molecule has 0 unspecified atom stereocenters. The van der Waals surface area contributed by atoms with Crippen molar-refractivity contribution in [2.75, 3.05) is 0 Å². The highest BCUT2D eigenvalue weighted by Gasteiger charge is 2.31. The predicted molar refractivity (Wildman–Crippen MR) is 51.9 cm³/mol. The number of hydrogen-bond donors (Lipinski definition) is 0. The van der Waals surface area contributed by atoms with Gasteiger partial charge in [-0.05, 0) is 26.7 Å². The van der Waals surface area contributed by atoms with Gasteiger partial charge in [0.15, 0.2) is 0 Å². The first-order valence-electron chi connectivity index (χ1n) is 4.74. The van der Waals surface area contributed by atoms with E-state index in [1.165, 1.54) is 18.5 Å². The van der Waals surface area contributed by atoms with Crippen molar-refractivity contribution in [2.24, 2.45) is 0 Å². The molecular formula is C9H14ClN3. The van der Waals surface area contributed by atoms with Crippen molar-refractivity contribution < 1.29 is 0 Å². The van der Waals surface area contributed by atoms with E-state index in [9.17, 15) is 0 Å². The molecule has 1 aromatic rings. The summed E-state index contributed by atoms with van der Waals surface area (Å²) >= 11 is 5.81. The SMILES string of the molecule is CC(C)n1nnc(CCl)c1C1CC1. The first-order chi connectivity index (χ1) is 6.24. The van der Waals surface area contributed by atoms with Gasteiger partial charge in [-0.3, -0.25) is 0 Å². The molecule has 4 heteroatoms. The topological polar surface area (TPSA) is 30.7 Å². The molecule has 1 aliphatic carbocycles. The molecule has 13 heavy (non-hydrogen) atoms. The Morgan fingerprint density at radius 1 is 1.54 bits per heavy atom. The quantitative estimate of drug-likeness (QED) is 0.701. The van der Waals surface area contributed by atoms with Gasteiger partial charge < -0.3 is 0 Å². The van der Waals surface area contributed by atoms with E-state index in [-0.39, 0.29) is 0 Å². The molecule has 0 radical (unpaired) electrons. The average molecular weight is 200 g/mol. The lowest BCUT2D eigenvalue weighted by Crippen LogP contribution is -2.07. The molecule has 1 aliphatic rings. The molecule has 1 aromatic heterocycles. The Labute approximate surface area is 83.1 Å². The summed E-state index contributed by atoms with van der Waals surface area (Å²) in [4.78, 5) is 0. The van der Waals surface area contributed by atoms with Crippen LogP contribution in [0.4, 0.5) is 0 Å². The molecule has 0 saturated heterocycles. The monoisotopic (exact) mass is 199 g/mol. The highest BCUT2D eigenvalue weighted by Crippen LogP contribution is 2.42. The van der Waals surface area contributed by atoms with Crippen molar-refractivity contribution in [3.8, 4) is 0 Å². The van der Waals surface area contributed by atoms with Crippen LogP contribution >= 0.6 is 11.6 Å². The van der Waals surface area contributed by atoms with E-state index in [4.69, 9.17) is 11.6 Å². The summed E-state index contributed by atoms with van der Waals surface area (Å²) in [5.74, 6) is 1.16. The van der Waals surface area contributed by atoms with E-state index in [0.717, 1.165) is 5.69 Å². The van der Waals surface area contributed by atoms with Crippen LogP contribution in [0.5, 0.6) is 0 Å². The van der Waals surface area contributed by atoms with Crippen molar-refractivity contribution in [1.82, 2.24) is 15.0 Å². The third-order valence-electron chi connectivity index (χ3n) is 2.38. The van der Waals surface area contributed by atoms with Gasteiger partial charge in [0.25, 0.3) is 0 Å². The number of nitrogens with zero attached hydrogens (tertiary/aromatic N) is 3. The van der Waals surface area contributed by atoms with Gasteiger partial charge >= 0.3 is 0 Å². The minimum atomic E-state index is 0.389. The molecule has 0 aromatic carbocycles. The second-order valence-corrected chi connectivity index (χ2v) is 4.13. The van der Waals surface area contributed by atoms with E-state index in [1.807, 2.05) is 4.68 Å². The average Bonchev–Trinajstić information content (AvgIpc) is 2.84. The lowest BCUT2D eigenvalue weighted by atomic mass is 10.2. The number of hydrogen-bond acceptors (Lipinski definition) is 2. The molecule has 3 nitrogen and oxygen atoms in total. The summed E-state index contributed by atoms with van der Waals surface area (Å²) in [7, 11) is 0. The van der Waals surface area contributed by atoms with Gasteiger partial charge in [-0.15, -0.1) is 16.7 Å². The van der Waals surface area contributed by atoms with Crippen LogP contribution < -0.4 is 0 Å². The second kappa shape index (κ2) is 3.29. The van der Waals surface area contributed by atoms with Crippen LogP contribution in [0.3, 0.4) is 0 Å². The molecule has 0 atom stereocenters. The Morgan fingerprint density at radius 3 is 2.69 bits per heavy atom. The van der Waals surface area contributed by atoms with Crippen molar-refractivity contribution in [2.45, 2.75) is 44.5 Å². The molecule has 0 aliphatic heterocycles. The molecule has 0 amide bonds. The molecule has 1 saturated carbocycles. The number of alkyl halides is 1. The Morgan fingerprint density at radius 2 is 2.23 bits per heavy atom. The molecule has 0 spiro atoms. The minimum Gasteiger partial charge on any atom is -0.246 e.